The number of methoxy groups -OCH3 is 1. The first kappa shape index (κ1) is 12.5. The number of hydrogen-bond donors (Lipinski definition) is 0. The molecule has 0 bridgehead atoms. The molecule has 0 aromatic rings. The van der Waals surface area contributed by atoms with Crippen LogP contribution in [-0.2, 0) is 4.74 Å². The Kier molecular flexibility index (Phi) is 7.83. The second-order valence-electron chi connectivity index (χ2n) is 3.61. The molecule has 1 heteroatoms. The maximum Gasteiger partial charge on any atom is 0.0594 e. The van der Waals surface area contributed by atoms with Crippen LogP contribution >= 0.6 is 0 Å². The zero-order valence-corrected chi connectivity index (χ0v) is 9.18. The molecule has 2 atom stereocenters. The fourth-order valence-electron chi connectivity index (χ4n) is 1.68. The van der Waals surface area contributed by atoms with E-state index in [1.54, 1.807) is 7.11 Å². The molecule has 0 aliphatic rings. The largest absolute Gasteiger partial charge is 0.381 e. The highest BCUT2D eigenvalue weighted by atomic mass is 16.5. The van der Waals surface area contributed by atoms with Gasteiger partial charge in [0, 0.05) is 13.5 Å². The lowest BCUT2D eigenvalue weighted by atomic mass is 9.96. The number of hydrogen-bond acceptors (Lipinski definition) is 1. The molecule has 0 aromatic heterocycles. The highest BCUT2D eigenvalue weighted by Crippen LogP contribution is 2.17. The van der Waals surface area contributed by atoms with Crippen LogP contribution in [0.15, 0.2) is 0 Å². The van der Waals surface area contributed by atoms with Crippen molar-refractivity contribution in [2.24, 2.45) is 5.92 Å². The Morgan fingerprint density at radius 2 is 2.08 bits per heavy atom. The molecule has 0 aromatic carbocycles. The Labute approximate surface area is 82.9 Å². The molecular formula is C12H22O. The Morgan fingerprint density at radius 3 is 2.54 bits per heavy atom. The van der Waals surface area contributed by atoms with Gasteiger partial charge in [0.2, 0.25) is 0 Å². The van der Waals surface area contributed by atoms with Gasteiger partial charge in [-0.1, -0.05) is 20.3 Å². The topological polar surface area (TPSA) is 9.23 Å². The Morgan fingerprint density at radius 1 is 1.38 bits per heavy atom. The summed E-state index contributed by atoms with van der Waals surface area (Å²) in [5.41, 5.74) is 0. The van der Waals surface area contributed by atoms with Gasteiger partial charge in [-0.05, 0) is 25.2 Å². The van der Waals surface area contributed by atoms with Crippen molar-refractivity contribution in [3.05, 3.63) is 0 Å². The summed E-state index contributed by atoms with van der Waals surface area (Å²) in [6.07, 6.45) is 11.2. The van der Waals surface area contributed by atoms with Crippen LogP contribution < -0.4 is 0 Å². The van der Waals surface area contributed by atoms with Gasteiger partial charge >= 0.3 is 0 Å². The molecular weight excluding hydrogens is 160 g/mol. The fourth-order valence-corrected chi connectivity index (χ4v) is 1.68. The van der Waals surface area contributed by atoms with Gasteiger partial charge in [-0.15, -0.1) is 12.3 Å². The maximum absolute atomic E-state index is 5.38. The van der Waals surface area contributed by atoms with Crippen LogP contribution in [0.3, 0.4) is 0 Å². The predicted molar refractivity (Wildman–Crippen MR) is 57.6 cm³/mol. The van der Waals surface area contributed by atoms with E-state index in [9.17, 15) is 0 Å². The summed E-state index contributed by atoms with van der Waals surface area (Å²) in [6.45, 7) is 4.43. The first-order chi connectivity index (χ1) is 6.26. The van der Waals surface area contributed by atoms with Crippen LogP contribution in [0.2, 0.25) is 0 Å². The molecule has 1 nitrogen and oxygen atoms in total. The molecule has 0 fully saturated rings. The van der Waals surface area contributed by atoms with Crippen LogP contribution in [0.5, 0.6) is 0 Å². The summed E-state index contributed by atoms with van der Waals surface area (Å²) < 4.78 is 5.38. The number of unbranched alkanes of at least 4 members (excludes halogenated alkanes) is 2. The molecule has 2 unspecified atom stereocenters. The van der Waals surface area contributed by atoms with Crippen LogP contribution in [0.1, 0.15) is 46.0 Å². The number of rotatable bonds is 7. The molecule has 0 N–H and O–H groups in total. The monoisotopic (exact) mass is 182 g/mol. The minimum Gasteiger partial charge on any atom is -0.381 e. The quantitative estimate of drug-likeness (QED) is 0.434. The van der Waals surface area contributed by atoms with Gasteiger partial charge < -0.3 is 4.74 Å². The average molecular weight is 182 g/mol. The first-order valence-corrected chi connectivity index (χ1v) is 5.22. The highest BCUT2D eigenvalue weighted by Gasteiger charge is 2.13. The lowest BCUT2D eigenvalue weighted by molar-refractivity contribution is 0.0516. The number of ether oxygens (including phenoxy) is 1. The van der Waals surface area contributed by atoms with Crippen molar-refractivity contribution in [2.45, 2.75) is 52.1 Å². The molecule has 13 heavy (non-hydrogen) atoms. The molecule has 0 aliphatic carbocycles. The maximum atomic E-state index is 5.38. The number of terminal acetylenes is 1. The van der Waals surface area contributed by atoms with Crippen LogP contribution in [0.25, 0.3) is 0 Å². The van der Waals surface area contributed by atoms with Crippen molar-refractivity contribution in [3.8, 4) is 12.3 Å². The second-order valence-corrected chi connectivity index (χ2v) is 3.61. The van der Waals surface area contributed by atoms with E-state index in [1.165, 1.54) is 12.8 Å². The Hall–Kier alpha value is -0.480. The molecule has 0 saturated carbocycles. The first-order valence-electron chi connectivity index (χ1n) is 5.22. The lowest BCUT2D eigenvalue weighted by Crippen LogP contribution is -2.19. The van der Waals surface area contributed by atoms with Crippen molar-refractivity contribution in [1.82, 2.24) is 0 Å². The molecule has 0 radical (unpaired) electrons. The summed E-state index contributed by atoms with van der Waals surface area (Å²) in [4.78, 5) is 0. The minimum absolute atomic E-state index is 0.422. The van der Waals surface area contributed by atoms with E-state index in [4.69, 9.17) is 11.2 Å². The summed E-state index contributed by atoms with van der Waals surface area (Å²) in [5, 5.41) is 0. The van der Waals surface area contributed by atoms with Gasteiger partial charge in [-0.3, -0.25) is 0 Å². The lowest BCUT2D eigenvalue weighted by Gasteiger charge is -2.20. The van der Waals surface area contributed by atoms with E-state index in [2.05, 4.69) is 19.8 Å². The van der Waals surface area contributed by atoms with Gasteiger partial charge in [-0.25, -0.2) is 0 Å². The molecule has 0 spiro atoms. The summed E-state index contributed by atoms with van der Waals surface area (Å²) in [5.74, 6) is 3.33. The van der Waals surface area contributed by atoms with Gasteiger partial charge in [0.1, 0.15) is 0 Å². The van der Waals surface area contributed by atoms with E-state index in [-0.39, 0.29) is 0 Å². The third kappa shape index (κ3) is 5.71. The molecule has 0 heterocycles. The normalized spacial score (nSPS) is 14.9. The van der Waals surface area contributed by atoms with Crippen molar-refractivity contribution < 1.29 is 4.74 Å². The van der Waals surface area contributed by atoms with Gasteiger partial charge in [0.05, 0.1) is 6.10 Å². The minimum atomic E-state index is 0.422. The van der Waals surface area contributed by atoms with Crippen molar-refractivity contribution >= 4 is 0 Å². The third-order valence-electron chi connectivity index (χ3n) is 2.57. The predicted octanol–water partition coefficient (Wildman–Crippen LogP) is 3.24. The van der Waals surface area contributed by atoms with Gasteiger partial charge in [0.25, 0.3) is 0 Å². The van der Waals surface area contributed by atoms with Crippen molar-refractivity contribution in [3.63, 3.8) is 0 Å². The SMILES string of the molecule is C#CCCCCC(C)C(CC)OC. The molecule has 76 valence electrons. The molecule has 0 rings (SSSR count). The van der Waals surface area contributed by atoms with E-state index in [0.717, 1.165) is 19.3 Å². The summed E-state index contributed by atoms with van der Waals surface area (Å²) >= 11 is 0. The van der Waals surface area contributed by atoms with Crippen LogP contribution in [-0.4, -0.2) is 13.2 Å². The summed E-state index contributed by atoms with van der Waals surface area (Å²) in [7, 11) is 1.80. The van der Waals surface area contributed by atoms with E-state index < -0.39 is 0 Å². The fraction of sp³-hybridized carbons (Fsp3) is 0.833. The van der Waals surface area contributed by atoms with Crippen LogP contribution in [0.4, 0.5) is 0 Å². The highest BCUT2D eigenvalue weighted by molar-refractivity contribution is 4.83. The standard InChI is InChI=1S/C12H22O/c1-5-7-8-9-10-11(3)12(6-2)13-4/h1,11-12H,6-10H2,2-4H3. The Balaban J connectivity index is 3.49. The molecule has 0 saturated heterocycles. The molecule has 0 amide bonds. The second kappa shape index (κ2) is 8.13. The third-order valence-corrected chi connectivity index (χ3v) is 2.57. The zero-order chi connectivity index (χ0) is 10.1. The van der Waals surface area contributed by atoms with Gasteiger partial charge in [0.15, 0.2) is 0 Å². The Bertz CT molecular complexity index is 142. The van der Waals surface area contributed by atoms with Gasteiger partial charge in [-0.2, -0.15) is 0 Å². The smallest absolute Gasteiger partial charge is 0.0594 e. The molecule has 0 aliphatic heterocycles. The zero-order valence-electron chi connectivity index (χ0n) is 9.18. The van der Waals surface area contributed by atoms with Crippen LogP contribution in [0, 0.1) is 18.3 Å². The van der Waals surface area contributed by atoms with E-state index in [0.29, 0.717) is 12.0 Å². The van der Waals surface area contributed by atoms with Crippen molar-refractivity contribution in [2.75, 3.05) is 7.11 Å². The average Bonchev–Trinajstić information content (AvgIpc) is 2.14. The summed E-state index contributed by atoms with van der Waals surface area (Å²) in [6, 6.07) is 0. The van der Waals surface area contributed by atoms with Crippen molar-refractivity contribution in [1.29, 1.82) is 0 Å². The van der Waals surface area contributed by atoms with E-state index in [1.807, 2.05) is 0 Å². The van der Waals surface area contributed by atoms with E-state index >= 15 is 0 Å².